The van der Waals surface area contributed by atoms with Crippen LogP contribution in [0.5, 0.6) is 11.5 Å². The quantitative estimate of drug-likeness (QED) is 0.475. The van der Waals surface area contributed by atoms with Crippen molar-refractivity contribution in [1.29, 1.82) is 0 Å². The van der Waals surface area contributed by atoms with Gasteiger partial charge >= 0.3 is 24.2 Å². The second kappa shape index (κ2) is 7.58. The molecule has 0 aliphatic carbocycles. The highest BCUT2D eigenvalue weighted by Crippen LogP contribution is 2.38. The first-order valence-electron chi connectivity index (χ1n) is 6.36. The smallest absolute Gasteiger partial charge is 0.344 e. The van der Waals surface area contributed by atoms with Gasteiger partial charge in [-0.05, 0) is 12.1 Å². The van der Waals surface area contributed by atoms with Crippen LogP contribution in [0, 0.1) is 0 Å². The Bertz CT molecular complexity index is 725. The lowest BCUT2D eigenvalue weighted by molar-refractivity contribution is 0.239. The third-order valence-electron chi connectivity index (χ3n) is 2.76. The summed E-state index contributed by atoms with van der Waals surface area (Å²) in [5, 5.41) is 0. The Balaban J connectivity index is 2.50. The molecule has 0 bridgehead atoms. The highest BCUT2D eigenvalue weighted by Gasteiger charge is 2.17. The molecule has 0 fully saturated rings. The molecule has 2 aromatic rings. The number of rotatable bonds is 5. The van der Waals surface area contributed by atoms with Gasteiger partial charge in [0.1, 0.15) is 11.5 Å². The van der Waals surface area contributed by atoms with Crippen LogP contribution < -0.4 is 9.47 Å². The summed E-state index contributed by atoms with van der Waals surface area (Å²) in [6, 6.07) is 6.52. The summed E-state index contributed by atoms with van der Waals surface area (Å²) in [6.07, 6.45) is -5.33. The third kappa shape index (κ3) is 4.09. The van der Waals surface area contributed by atoms with Crippen molar-refractivity contribution in [3.63, 3.8) is 0 Å². The van der Waals surface area contributed by atoms with Crippen molar-refractivity contribution in [2.75, 3.05) is 0 Å². The topological polar surface area (TPSA) is 18.5 Å². The lowest BCUT2D eigenvalue weighted by atomic mass is 10.0. The van der Waals surface area contributed by atoms with Gasteiger partial charge in [0.15, 0.2) is 0 Å². The predicted molar refractivity (Wildman–Crippen MR) is 73.8 cm³/mol. The Morgan fingerprint density at radius 3 is 1.21 bits per heavy atom. The molecule has 0 atom stereocenters. The predicted octanol–water partition coefficient (Wildman–Crippen LogP) is 6.18. The Kier molecular flexibility index (Phi) is 5.51. The Morgan fingerprint density at radius 1 is 0.542 bits per heavy atom. The van der Waals surface area contributed by atoms with Crippen LogP contribution in [0.4, 0.5) is 26.3 Å². The van der Waals surface area contributed by atoms with Crippen molar-refractivity contribution >= 4 is 0 Å². The number of para-hydroxylation sites is 2. The molecule has 0 saturated heterocycles. The molecule has 0 unspecified atom stereocenters. The lowest BCUT2D eigenvalue weighted by Crippen LogP contribution is -1.96. The first-order chi connectivity index (χ1) is 11.4. The molecular weight excluding hydrogens is 338 g/mol. The van der Waals surface area contributed by atoms with Gasteiger partial charge in [0, 0.05) is 11.1 Å². The van der Waals surface area contributed by atoms with Gasteiger partial charge in [-0.1, -0.05) is 36.4 Å². The average Bonchev–Trinajstić information content (AvgIpc) is 2.55. The molecular formula is C16H8F6O2. The zero-order valence-corrected chi connectivity index (χ0v) is 11.7. The summed E-state index contributed by atoms with van der Waals surface area (Å²) in [5.41, 5.74) is 0.0770. The van der Waals surface area contributed by atoms with Crippen LogP contribution in [0.25, 0.3) is 11.1 Å². The zero-order chi connectivity index (χ0) is 17.7. The lowest BCUT2D eigenvalue weighted by Gasteiger charge is -2.13. The number of ether oxygens (including phenoxy) is 2. The van der Waals surface area contributed by atoms with E-state index in [0.29, 0.717) is 0 Å². The highest BCUT2D eigenvalue weighted by atomic mass is 19.3. The molecule has 0 N–H and O–H groups in total. The molecule has 2 nitrogen and oxygen atoms in total. The normalized spacial score (nSPS) is 10.1. The van der Waals surface area contributed by atoms with Crippen molar-refractivity contribution < 1.29 is 35.8 Å². The zero-order valence-electron chi connectivity index (χ0n) is 11.7. The molecule has 126 valence electrons. The minimum atomic E-state index is -2.66. The van der Waals surface area contributed by atoms with Gasteiger partial charge in [0.2, 0.25) is 0 Å². The van der Waals surface area contributed by atoms with Gasteiger partial charge in [0.05, 0.1) is 0 Å². The van der Waals surface area contributed by atoms with Crippen molar-refractivity contribution in [3.05, 3.63) is 72.7 Å². The van der Waals surface area contributed by atoms with E-state index in [0.717, 1.165) is 0 Å². The number of hydrogen-bond acceptors (Lipinski definition) is 2. The van der Waals surface area contributed by atoms with E-state index in [-0.39, 0.29) is 22.6 Å². The molecule has 0 radical (unpaired) electrons. The first kappa shape index (κ1) is 17.5. The number of halogens is 6. The summed E-state index contributed by atoms with van der Waals surface area (Å²) in [6.45, 7) is 0. The monoisotopic (exact) mass is 346 g/mol. The van der Waals surface area contributed by atoms with Crippen LogP contribution in [-0.2, 0) is 0 Å². The molecule has 0 aromatic heterocycles. The van der Waals surface area contributed by atoms with E-state index in [1.54, 1.807) is 0 Å². The highest BCUT2D eigenvalue weighted by molar-refractivity contribution is 5.76. The molecule has 0 amide bonds. The Morgan fingerprint density at radius 2 is 0.875 bits per heavy atom. The number of hydrogen-bond donors (Lipinski definition) is 0. The van der Waals surface area contributed by atoms with Crippen LogP contribution in [-0.4, -0.2) is 0 Å². The SMILES string of the molecule is FC(F)=C(F)Oc1ccccc1-c1ccccc1OC(F)=C(F)F. The van der Waals surface area contributed by atoms with Crippen LogP contribution in [0.3, 0.4) is 0 Å². The molecule has 2 rings (SSSR count). The van der Waals surface area contributed by atoms with Gasteiger partial charge in [-0.3, -0.25) is 0 Å². The molecule has 2 aromatic carbocycles. The van der Waals surface area contributed by atoms with Gasteiger partial charge in [-0.2, -0.15) is 26.3 Å². The Labute approximate surface area is 132 Å². The fourth-order valence-corrected chi connectivity index (χ4v) is 1.83. The van der Waals surface area contributed by atoms with Crippen LogP contribution in [0.1, 0.15) is 0 Å². The second-order valence-corrected chi connectivity index (χ2v) is 4.26. The maximum atomic E-state index is 13.0. The third-order valence-corrected chi connectivity index (χ3v) is 2.76. The van der Waals surface area contributed by atoms with Gasteiger partial charge in [-0.25, -0.2) is 0 Å². The van der Waals surface area contributed by atoms with Crippen molar-refractivity contribution in [2.45, 2.75) is 0 Å². The molecule has 8 heteroatoms. The van der Waals surface area contributed by atoms with E-state index >= 15 is 0 Å². The molecule has 24 heavy (non-hydrogen) atoms. The van der Waals surface area contributed by atoms with E-state index < -0.39 is 24.2 Å². The minimum Gasteiger partial charge on any atom is -0.427 e. The maximum absolute atomic E-state index is 13.0. The Hall–Kier alpha value is -2.90. The van der Waals surface area contributed by atoms with Crippen LogP contribution in [0.2, 0.25) is 0 Å². The van der Waals surface area contributed by atoms with Crippen LogP contribution in [0.15, 0.2) is 72.7 Å². The van der Waals surface area contributed by atoms with E-state index in [1.165, 1.54) is 48.5 Å². The van der Waals surface area contributed by atoms with E-state index in [2.05, 4.69) is 9.47 Å². The van der Waals surface area contributed by atoms with Crippen LogP contribution >= 0.6 is 0 Å². The summed E-state index contributed by atoms with van der Waals surface area (Å²) in [7, 11) is 0. The van der Waals surface area contributed by atoms with Gasteiger partial charge < -0.3 is 9.47 Å². The fourth-order valence-electron chi connectivity index (χ4n) is 1.83. The van der Waals surface area contributed by atoms with E-state index in [1.807, 2.05) is 0 Å². The molecule has 0 aliphatic rings. The van der Waals surface area contributed by atoms with E-state index in [9.17, 15) is 26.3 Å². The van der Waals surface area contributed by atoms with Crippen molar-refractivity contribution in [1.82, 2.24) is 0 Å². The molecule has 0 saturated carbocycles. The minimum absolute atomic E-state index is 0.0385. The van der Waals surface area contributed by atoms with Crippen molar-refractivity contribution in [2.24, 2.45) is 0 Å². The number of benzene rings is 2. The summed E-state index contributed by atoms with van der Waals surface area (Å²) >= 11 is 0. The second-order valence-electron chi connectivity index (χ2n) is 4.26. The molecule has 0 heterocycles. The fraction of sp³-hybridized carbons (Fsp3) is 0. The van der Waals surface area contributed by atoms with Gasteiger partial charge in [-0.15, -0.1) is 0 Å². The van der Waals surface area contributed by atoms with Gasteiger partial charge in [0.25, 0.3) is 0 Å². The maximum Gasteiger partial charge on any atom is 0.344 e. The summed E-state index contributed by atoms with van der Waals surface area (Å²) in [5.74, 6) is -0.659. The molecule has 0 spiro atoms. The molecule has 0 aliphatic heterocycles. The average molecular weight is 346 g/mol. The summed E-state index contributed by atoms with van der Waals surface area (Å²) < 4.78 is 83.7. The first-order valence-corrected chi connectivity index (χ1v) is 6.36. The van der Waals surface area contributed by atoms with Crippen molar-refractivity contribution in [3.8, 4) is 22.6 Å². The largest absolute Gasteiger partial charge is 0.427 e. The van der Waals surface area contributed by atoms with E-state index in [4.69, 9.17) is 0 Å². The summed E-state index contributed by atoms with van der Waals surface area (Å²) in [4.78, 5) is 0. The standard InChI is InChI=1S/C16H8F6O2/c17-13(18)15(21)23-11-7-3-1-5-9(11)10-6-2-4-8-12(10)24-16(22)14(19)20/h1-8H.